The first-order valence-corrected chi connectivity index (χ1v) is 11.6. The number of benzene rings is 2. The predicted octanol–water partition coefficient (Wildman–Crippen LogP) is 2.90. The third kappa shape index (κ3) is 7.51. The van der Waals surface area contributed by atoms with Crippen molar-refractivity contribution < 1.29 is 8.42 Å². The molecule has 0 aliphatic heterocycles. The van der Waals surface area contributed by atoms with Gasteiger partial charge in [0.05, 0.1) is 12.3 Å². The average Bonchev–Trinajstić information content (AvgIpc) is 2.71. The minimum atomic E-state index is -3.29. The maximum Gasteiger partial charge on any atom is 0.215 e. The lowest BCUT2D eigenvalue weighted by Gasteiger charge is -2.22. The number of sulfonamides is 1. The van der Waals surface area contributed by atoms with Crippen molar-refractivity contribution >= 4 is 16.0 Å². The molecule has 0 aliphatic carbocycles. The topological polar surface area (TPSA) is 73.8 Å². The van der Waals surface area contributed by atoms with Crippen molar-refractivity contribution in [2.45, 2.75) is 39.1 Å². The van der Waals surface area contributed by atoms with Gasteiger partial charge in [0.2, 0.25) is 10.0 Å². The number of hydrogen-bond acceptors (Lipinski definition) is 3. The van der Waals surface area contributed by atoms with Crippen LogP contribution in [0.1, 0.15) is 36.1 Å². The van der Waals surface area contributed by atoms with Gasteiger partial charge in [-0.05, 0) is 42.6 Å². The molecule has 0 aromatic heterocycles. The number of hydrogen-bond donors (Lipinski definition) is 2. The highest BCUT2D eigenvalue weighted by Crippen LogP contribution is 2.11. The number of guanidine groups is 1. The molecule has 2 aromatic rings. The van der Waals surface area contributed by atoms with Gasteiger partial charge in [0.25, 0.3) is 0 Å². The summed E-state index contributed by atoms with van der Waals surface area (Å²) >= 11 is 0. The van der Waals surface area contributed by atoms with Gasteiger partial charge >= 0.3 is 0 Å². The first kappa shape index (κ1) is 22.9. The molecular weight excluding hydrogens is 384 g/mol. The van der Waals surface area contributed by atoms with Gasteiger partial charge in [0.1, 0.15) is 0 Å². The molecule has 0 bridgehead atoms. The smallest absolute Gasteiger partial charge is 0.215 e. The molecule has 2 aromatic carbocycles. The van der Waals surface area contributed by atoms with Crippen LogP contribution in [-0.2, 0) is 35.3 Å². The van der Waals surface area contributed by atoms with Crippen LogP contribution in [0.15, 0.2) is 53.5 Å². The lowest BCUT2D eigenvalue weighted by atomic mass is 10.1. The SMILES string of the molecule is CCNC(=NCc1cccc(CS(=O)(=O)NC)c1)N(C)Cc1ccc(CC)cc1. The minimum absolute atomic E-state index is 0.0330. The van der Waals surface area contributed by atoms with Gasteiger partial charge in [-0.15, -0.1) is 0 Å². The van der Waals surface area contributed by atoms with E-state index in [2.05, 4.69) is 46.1 Å². The normalized spacial score (nSPS) is 12.1. The molecule has 158 valence electrons. The Morgan fingerprint density at radius 2 is 1.66 bits per heavy atom. The van der Waals surface area contributed by atoms with Crippen LogP contribution >= 0.6 is 0 Å². The van der Waals surface area contributed by atoms with Crippen LogP contribution in [0.4, 0.5) is 0 Å². The van der Waals surface area contributed by atoms with E-state index in [0.29, 0.717) is 6.54 Å². The van der Waals surface area contributed by atoms with Crippen LogP contribution in [0.2, 0.25) is 0 Å². The molecule has 0 heterocycles. The van der Waals surface area contributed by atoms with Crippen LogP contribution in [-0.4, -0.2) is 39.9 Å². The quantitative estimate of drug-likeness (QED) is 0.487. The first-order chi connectivity index (χ1) is 13.9. The van der Waals surface area contributed by atoms with E-state index in [0.717, 1.165) is 36.6 Å². The molecule has 0 aliphatic rings. The maximum absolute atomic E-state index is 11.8. The number of rotatable bonds is 9. The number of aryl methyl sites for hydroxylation is 1. The molecular formula is C22H32N4O2S. The van der Waals surface area contributed by atoms with Crippen molar-refractivity contribution in [1.82, 2.24) is 14.9 Å². The second kappa shape index (κ2) is 11.0. The Hall–Kier alpha value is -2.38. The van der Waals surface area contributed by atoms with Crippen LogP contribution in [0.3, 0.4) is 0 Å². The lowest BCUT2D eigenvalue weighted by Crippen LogP contribution is -2.38. The number of nitrogens with zero attached hydrogens (tertiary/aromatic N) is 2. The largest absolute Gasteiger partial charge is 0.357 e. The third-order valence-corrected chi connectivity index (χ3v) is 5.95. The van der Waals surface area contributed by atoms with Crippen LogP contribution < -0.4 is 10.0 Å². The standard InChI is InChI=1S/C22H32N4O2S/c1-5-18-10-12-19(13-11-18)16-26(4)22(24-6-2)25-15-20-8-7-9-21(14-20)17-29(27,28)23-3/h7-14,23H,5-6,15-17H2,1-4H3,(H,24,25). The number of aliphatic imine (C=N–C) groups is 1. The highest BCUT2D eigenvalue weighted by Gasteiger charge is 2.10. The van der Waals surface area contributed by atoms with Gasteiger partial charge in [-0.3, -0.25) is 0 Å². The van der Waals surface area contributed by atoms with Gasteiger partial charge in [0, 0.05) is 20.1 Å². The first-order valence-electron chi connectivity index (χ1n) is 9.93. The Morgan fingerprint density at radius 1 is 1.00 bits per heavy atom. The molecule has 29 heavy (non-hydrogen) atoms. The van der Waals surface area contributed by atoms with Crippen molar-refractivity contribution in [1.29, 1.82) is 0 Å². The molecule has 0 saturated heterocycles. The van der Waals surface area contributed by atoms with Gasteiger partial charge in [-0.25, -0.2) is 18.1 Å². The molecule has 0 spiro atoms. The Kier molecular flexibility index (Phi) is 8.67. The molecule has 7 heteroatoms. The Labute approximate surface area is 175 Å². The van der Waals surface area contributed by atoms with Crippen molar-refractivity contribution in [2.75, 3.05) is 20.6 Å². The molecule has 0 radical (unpaired) electrons. The van der Waals surface area contributed by atoms with Crippen molar-refractivity contribution in [2.24, 2.45) is 4.99 Å². The monoisotopic (exact) mass is 416 g/mol. The fourth-order valence-electron chi connectivity index (χ4n) is 2.97. The van der Waals surface area contributed by atoms with E-state index in [1.54, 1.807) is 0 Å². The van der Waals surface area contributed by atoms with E-state index in [1.165, 1.54) is 18.2 Å². The zero-order valence-corrected chi connectivity index (χ0v) is 18.6. The van der Waals surface area contributed by atoms with Gasteiger partial charge in [-0.2, -0.15) is 0 Å². The molecule has 6 nitrogen and oxygen atoms in total. The summed E-state index contributed by atoms with van der Waals surface area (Å²) in [7, 11) is 0.159. The van der Waals surface area contributed by atoms with E-state index in [4.69, 9.17) is 4.99 Å². The molecule has 2 N–H and O–H groups in total. The summed E-state index contributed by atoms with van der Waals surface area (Å²) in [5.74, 6) is 0.787. The summed E-state index contributed by atoms with van der Waals surface area (Å²) in [5.41, 5.74) is 4.29. The highest BCUT2D eigenvalue weighted by atomic mass is 32.2. The van der Waals surface area contributed by atoms with E-state index < -0.39 is 10.0 Å². The van der Waals surface area contributed by atoms with E-state index in [9.17, 15) is 8.42 Å². The van der Waals surface area contributed by atoms with Crippen LogP contribution in [0.25, 0.3) is 0 Å². The second-order valence-corrected chi connectivity index (χ2v) is 8.91. The predicted molar refractivity (Wildman–Crippen MR) is 120 cm³/mol. The maximum atomic E-state index is 11.8. The van der Waals surface area contributed by atoms with Crippen molar-refractivity contribution in [3.63, 3.8) is 0 Å². The van der Waals surface area contributed by atoms with E-state index in [1.807, 2.05) is 38.2 Å². The van der Waals surface area contributed by atoms with Gasteiger partial charge in [-0.1, -0.05) is 55.5 Å². The highest BCUT2D eigenvalue weighted by molar-refractivity contribution is 7.88. The van der Waals surface area contributed by atoms with Crippen LogP contribution in [0, 0.1) is 0 Å². The Bertz CT molecular complexity index is 909. The van der Waals surface area contributed by atoms with E-state index in [-0.39, 0.29) is 5.75 Å². The van der Waals surface area contributed by atoms with Gasteiger partial charge in [0.15, 0.2) is 5.96 Å². The Morgan fingerprint density at radius 3 is 2.28 bits per heavy atom. The summed E-state index contributed by atoms with van der Waals surface area (Å²) in [6.07, 6.45) is 1.04. The molecule has 0 unspecified atom stereocenters. The minimum Gasteiger partial charge on any atom is -0.357 e. The molecule has 2 rings (SSSR count). The zero-order chi connectivity index (χ0) is 21.3. The lowest BCUT2D eigenvalue weighted by molar-refractivity contribution is 0.476. The van der Waals surface area contributed by atoms with Gasteiger partial charge < -0.3 is 10.2 Å². The molecule has 0 saturated carbocycles. The molecule has 0 fully saturated rings. The third-order valence-electron chi connectivity index (χ3n) is 4.62. The summed E-state index contributed by atoms with van der Waals surface area (Å²) in [5, 5.41) is 3.33. The van der Waals surface area contributed by atoms with Crippen molar-refractivity contribution in [3.05, 3.63) is 70.8 Å². The Balaban J connectivity index is 2.09. The summed E-state index contributed by atoms with van der Waals surface area (Å²) in [4.78, 5) is 6.83. The summed E-state index contributed by atoms with van der Waals surface area (Å²) in [6.45, 7) is 6.21. The molecule has 0 amide bonds. The summed E-state index contributed by atoms with van der Waals surface area (Å²) in [6, 6.07) is 16.2. The summed E-state index contributed by atoms with van der Waals surface area (Å²) < 4.78 is 25.9. The second-order valence-electron chi connectivity index (χ2n) is 6.98. The van der Waals surface area contributed by atoms with Crippen molar-refractivity contribution in [3.8, 4) is 0 Å². The van der Waals surface area contributed by atoms with E-state index >= 15 is 0 Å². The molecule has 0 atom stereocenters. The zero-order valence-electron chi connectivity index (χ0n) is 17.8. The number of nitrogens with one attached hydrogen (secondary N) is 2. The van der Waals surface area contributed by atoms with Crippen LogP contribution in [0.5, 0.6) is 0 Å². The average molecular weight is 417 g/mol. The fraction of sp³-hybridized carbons (Fsp3) is 0.409. The fourth-order valence-corrected chi connectivity index (χ4v) is 3.74.